The van der Waals surface area contributed by atoms with Crippen LogP contribution in [-0.2, 0) is 4.79 Å². The Bertz CT molecular complexity index is 1350. The number of H-pyrrole nitrogens is 1. The van der Waals surface area contributed by atoms with E-state index in [1.54, 1.807) is 24.3 Å². The van der Waals surface area contributed by atoms with Crippen molar-refractivity contribution < 1.29 is 9.53 Å². The Kier molecular flexibility index (Phi) is 6.92. The van der Waals surface area contributed by atoms with Crippen molar-refractivity contribution in [3.63, 3.8) is 0 Å². The minimum absolute atomic E-state index is 0.0989. The van der Waals surface area contributed by atoms with Gasteiger partial charge in [0, 0.05) is 49.4 Å². The van der Waals surface area contributed by atoms with E-state index in [0.29, 0.717) is 28.9 Å². The van der Waals surface area contributed by atoms with Crippen LogP contribution in [0.15, 0.2) is 54.7 Å². The molecule has 4 aromatic rings. The Hall–Kier alpha value is -3.82. The monoisotopic (exact) mass is 505 g/mol. The van der Waals surface area contributed by atoms with Gasteiger partial charge in [-0.05, 0) is 68.1 Å². The van der Waals surface area contributed by atoms with Gasteiger partial charge >= 0.3 is 0 Å². The number of amides is 1. The van der Waals surface area contributed by atoms with Crippen molar-refractivity contribution in [2.24, 2.45) is 0 Å². The normalized spacial score (nSPS) is 14.1. The van der Waals surface area contributed by atoms with Gasteiger partial charge in [0.25, 0.3) is 0 Å². The number of nitrogens with one attached hydrogen (secondary N) is 3. The number of carbonyl (C=O) groups excluding carboxylic acids is 1. The number of piperazine rings is 1. The highest BCUT2D eigenvalue weighted by Gasteiger charge is 2.16. The maximum Gasteiger partial charge on any atom is 0.239 e. The van der Waals surface area contributed by atoms with Gasteiger partial charge < -0.3 is 30.2 Å². The molecule has 2 aromatic carbocycles. The van der Waals surface area contributed by atoms with Crippen LogP contribution < -0.4 is 20.3 Å². The van der Waals surface area contributed by atoms with Crippen LogP contribution in [0.1, 0.15) is 5.56 Å². The van der Waals surface area contributed by atoms with Crippen molar-refractivity contribution in [2.75, 3.05) is 54.6 Å². The first-order chi connectivity index (χ1) is 17.5. The average molecular weight is 506 g/mol. The first kappa shape index (κ1) is 23.9. The first-order valence-electron chi connectivity index (χ1n) is 11.8. The van der Waals surface area contributed by atoms with Crippen molar-refractivity contribution in [1.29, 1.82) is 0 Å². The Balaban J connectivity index is 1.34. The zero-order valence-corrected chi connectivity index (χ0v) is 21.0. The van der Waals surface area contributed by atoms with E-state index < -0.39 is 0 Å². The Morgan fingerprint density at radius 1 is 1.03 bits per heavy atom. The number of carbonyl (C=O) groups is 1. The fourth-order valence-electron chi connectivity index (χ4n) is 4.14. The van der Waals surface area contributed by atoms with Gasteiger partial charge in [0.05, 0.1) is 5.39 Å². The molecule has 1 fully saturated rings. The lowest BCUT2D eigenvalue weighted by atomic mass is 10.2. The van der Waals surface area contributed by atoms with E-state index in [1.807, 2.05) is 25.3 Å². The smallest absolute Gasteiger partial charge is 0.239 e. The van der Waals surface area contributed by atoms with Crippen LogP contribution in [0.2, 0.25) is 0 Å². The molecular weight excluding hydrogens is 478 g/mol. The molecular formula is C26H28ClN7O2. The number of halogens is 1. The number of rotatable bonds is 7. The molecule has 186 valence electrons. The van der Waals surface area contributed by atoms with E-state index >= 15 is 0 Å². The summed E-state index contributed by atoms with van der Waals surface area (Å²) in [5.41, 5.74) is 4.40. The lowest BCUT2D eigenvalue weighted by molar-refractivity contribution is -0.113. The highest BCUT2D eigenvalue weighted by Crippen LogP contribution is 2.32. The quantitative estimate of drug-likeness (QED) is 0.312. The minimum Gasteiger partial charge on any atom is -0.438 e. The summed E-state index contributed by atoms with van der Waals surface area (Å²) in [6, 6.07) is 15.4. The number of fused-ring (bicyclic) bond motifs is 1. The zero-order valence-electron chi connectivity index (χ0n) is 20.2. The second-order valence-corrected chi connectivity index (χ2v) is 9.09. The van der Waals surface area contributed by atoms with Gasteiger partial charge in [-0.25, -0.2) is 0 Å². The number of aryl methyl sites for hydroxylation is 1. The Labute approximate surface area is 214 Å². The maximum absolute atomic E-state index is 11.5. The summed E-state index contributed by atoms with van der Waals surface area (Å²) in [6.07, 6.45) is 1.88. The van der Waals surface area contributed by atoms with Crippen molar-refractivity contribution >= 4 is 51.6 Å². The second kappa shape index (κ2) is 10.4. The Morgan fingerprint density at radius 2 is 1.72 bits per heavy atom. The van der Waals surface area contributed by atoms with Crippen molar-refractivity contribution in [3.05, 3.63) is 60.3 Å². The van der Waals surface area contributed by atoms with Crippen LogP contribution in [0.4, 0.5) is 23.0 Å². The third kappa shape index (κ3) is 5.37. The zero-order chi connectivity index (χ0) is 25.1. The van der Waals surface area contributed by atoms with E-state index in [9.17, 15) is 4.79 Å². The summed E-state index contributed by atoms with van der Waals surface area (Å²) in [5.74, 6) is 1.09. The van der Waals surface area contributed by atoms with Gasteiger partial charge in [-0.15, -0.1) is 11.6 Å². The van der Waals surface area contributed by atoms with Gasteiger partial charge in [-0.3, -0.25) is 4.79 Å². The molecule has 1 aliphatic heterocycles. The molecule has 5 rings (SSSR count). The number of aromatic amines is 1. The summed E-state index contributed by atoms with van der Waals surface area (Å²) in [6.45, 7) is 6.16. The van der Waals surface area contributed by atoms with E-state index in [-0.39, 0.29) is 11.8 Å². The van der Waals surface area contributed by atoms with Gasteiger partial charge in [0.1, 0.15) is 17.3 Å². The molecule has 10 heteroatoms. The number of alkyl halides is 1. The average Bonchev–Trinajstić information content (AvgIpc) is 3.27. The molecule has 1 amide bonds. The molecule has 0 radical (unpaired) electrons. The van der Waals surface area contributed by atoms with Gasteiger partial charge in [0.2, 0.25) is 17.7 Å². The van der Waals surface area contributed by atoms with E-state index in [0.717, 1.165) is 42.8 Å². The molecule has 0 bridgehead atoms. The molecule has 0 saturated carbocycles. The predicted molar refractivity (Wildman–Crippen MR) is 144 cm³/mol. The largest absolute Gasteiger partial charge is 0.438 e. The minimum atomic E-state index is -0.266. The second-order valence-electron chi connectivity index (χ2n) is 8.82. The summed E-state index contributed by atoms with van der Waals surface area (Å²) < 4.78 is 6.14. The molecule has 9 nitrogen and oxygen atoms in total. The molecule has 2 aromatic heterocycles. The molecule has 1 aliphatic rings. The number of hydrogen-bond acceptors (Lipinski definition) is 7. The third-order valence-corrected chi connectivity index (χ3v) is 6.40. The number of hydrogen-bond donors (Lipinski definition) is 3. The van der Waals surface area contributed by atoms with Crippen molar-refractivity contribution in [2.45, 2.75) is 6.92 Å². The molecule has 3 N–H and O–H groups in total. The Morgan fingerprint density at radius 3 is 2.42 bits per heavy atom. The van der Waals surface area contributed by atoms with Crippen LogP contribution in [0.25, 0.3) is 11.0 Å². The van der Waals surface area contributed by atoms with Crippen LogP contribution >= 0.6 is 11.6 Å². The van der Waals surface area contributed by atoms with Gasteiger partial charge in [0.15, 0.2) is 0 Å². The van der Waals surface area contributed by atoms with Gasteiger partial charge in [-0.1, -0.05) is 0 Å². The molecule has 0 atom stereocenters. The van der Waals surface area contributed by atoms with E-state index in [2.05, 4.69) is 54.6 Å². The van der Waals surface area contributed by atoms with Crippen molar-refractivity contribution in [1.82, 2.24) is 19.9 Å². The number of anilines is 4. The molecule has 0 aliphatic carbocycles. The molecule has 3 heterocycles. The fourth-order valence-corrected chi connectivity index (χ4v) is 4.21. The first-order valence-corrected chi connectivity index (χ1v) is 12.3. The molecule has 36 heavy (non-hydrogen) atoms. The third-order valence-electron chi connectivity index (χ3n) is 6.16. The van der Waals surface area contributed by atoms with Crippen molar-refractivity contribution in [3.8, 4) is 11.6 Å². The molecule has 1 saturated heterocycles. The summed E-state index contributed by atoms with van der Waals surface area (Å²) in [5, 5.41) is 6.82. The summed E-state index contributed by atoms with van der Waals surface area (Å²) in [7, 11) is 2.16. The molecule has 0 spiro atoms. The van der Waals surface area contributed by atoms with Crippen LogP contribution in [0.3, 0.4) is 0 Å². The number of likely N-dealkylation sites (N-methyl/N-ethyl adjacent to an activating group) is 1. The fraction of sp³-hybridized carbons (Fsp3) is 0.269. The van der Waals surface area contributed by atoms with Crippen LogP contribution in [-0.4, -0.2) is 64.9 Å². The summed E-state index contributed by atoms with van der Waals surface area (Å²) in [4.78, 5) is 28.7. The lowest BCUT2D eigenvalue weighted by Crippen LogP contribution is -2.44. The van der Waals surface area contributed by atoms with E-state index in [4.69, 9.17) is 16.3 Å². The topological polar surface area (TPSA) is 98.4 Å². The van der Waals surface area contributed by atoms with Crippen LogP contribution in [0, 0.1) is 6.92 Å². The maximum atomic E-state index is 11.5. The van der Waals surface area contributed by atoms with Gasteiger partial charge in [-0.2, -0.15) is 9.97 Å². The SMILES string of the molecule is Cc1c[nH]c2nc(Nc3ccc(N4CCN(C)CC4)cc3)nc(Oc3ccc(NC(=O)CCl)cc3)c12. The standard InChI is InChI=1S/C26H28ClN7O2/c1-17-16-28-24-23(17)25(36-21-9-5-18(6-10-21)29-22(35)15-27)32-26(31-24)30-19-3-7-20(8-4-19)34-13-11-33(2)12-14-34/h3-10,16H,11-15H2,1-2H3,(H,29,35)(H2,28,30,31,32). The number of benzene rings is 2. The van der Waals surface area contributed by atoms with E-state index in [1.165, 1.54) is 5.69 Å². The number of ether oxygens (including phenoxy) is 1. The summed E-state index contributed by atoms with van der Waals surface area (Å²) >= 11 is 5.56. The number of nitrogens with zero attached hydrogens (tertiary/aromatic N) is 4. The highest BCUT2D eigenvalue weighted by atomic mass is 35.5. The van der Waals surface area contributed by atoms with Crippen LogP contribution in [0.5, 0.6) is 11.6 Å². The predicted octanol–water partition coefficient (Wildman–Crippen LogP) is 4.73. The molecule has 0 unspecified atom stereocenters. The highest BCUT2D eigenvalue weighted by molar-refractivity contribution is 6.29. The number of aromatic nitrogens is 3. The lowest BCUT2D eigenvalue weighted by Gasteiger charge is -2.34.